The van der Waals surface area contributed by atoms with Gasteiger partial charge in [-0.1, -0.05) is 17.5 Å². The molecule has 1 saturated heterocycles. The van der Waals surface area contributed by atoms with Gasteiger partial charge in [0.05, 0.1) is 20.6 Å². The van der Waals surface area contributed by atoms with Crippen LogP contribution in [-0.2, 0) is 9.59 Å². The number of benzene rings is 2. The largest absolute Gasteiger partial charge is 0.493 e. The van der Waals surface area contributed by atoms with Gasteiger partial charge in [-0.25, -0.2) is 4.39 Å². The quantitative estimate of drug-likeness (QED) is 0.280. The molecule has 0 aromatic heterocycles. The Morgan fingerprint density at radius 2 is 2.12 bits per heavy atom. The average molecular weight is 601 g/mol. The molecule has 1 heterocycles. The predicted molar refractivity (Wildman–Crippen MR) is 133 cm³/mol. The number of carbonyl (C=O) groups is 3. The smallest absolute Gasteiger partial charge is 0.294 e. The number of carbonyl (C=O) groups excluding carboxylic acids is 3. The van der Waals surface area contributed by atoms with Crippen molar-refractivity contribution in [2.75, 3.05) is 25.6 Å². The van der Waals surface area contributed by atoms with Gasteiger partial charge in [0.2, 0.25) is 5.91 Å². The first kappa shape index (κ1) is 24.9. The van der Waals surface area contributed by atoms with Gasteiger partial charge in [-0.2, -0.15) is 0 Å². The van der Waals surface area contributed by atoms with Crippen molar-refractivity contribution < 1.29 is 28.2 Å². The van der Waals surface area contributed by atoms with Crippen molar-refractivity contribution in [3.8, 4) is 23.8 Å². The summed E-state index contributed by atoms with van der Waals surface area (Å²) in [6.45, 7) is -0.437. The highest BCUT2D eigenvalue weighted by molar-refractivity contribution is 14.1. The van der Waals surface area contributed by atoms with E-state index in [2.05, 4.69) is 11.2 Å². The van der Waals surface area contributed by atoms with E-state index in [0.29, 0.717) is 32.4 Å². The van der Waals surface area contributed by atoms with Crippen LogP contribution < -0.4 is 14.8 Å². The second-order valence-corrected chi connectivity index (χ2v) is 9.03. The van der Waals surface area contributed by atoms with E-state index in [1.54, 1.807) is 12.1 Å². The van der Waals surface area contributed by atoms with Crippen molar-refractivity contribution in [3.05, 3.63) is 55.2 Å². The van der Waals surface area contributed by atoms with Crippen LogP contribution in [0.15, 0.2) is 35.2 Å². The maximum Gasteiger partial charge on any atom is 0.294 e. The van der Waals surface area contributed by atoms with E-state index < -0.39 is 29.4 Å². The number of halogens is 3. The number of ether oxygens (including phenoxy) is 2. The Morgan fingerprint density at radius 3 is 2.79 bits per heavy atom. The second kappa shape index (κ2) is 10.9. The molecule has 1 aliphatic rings. The molecule has 0 spiro atoms. The highest BCUT2D eigenvalue weighted by atomic mass is 127. The van der Waals surface area contributed by atoms with Crippen LogP contribution in [0.3, 0.4) is 0 Å². The minimum atomic E-state index is -0.632. The summed E-state index contributed by atoms with van der Waals surface area (Å²) in [6, 6.07) is 7.04. The van der Waals surface area contributed by atoms with Crippen LogP contribution in [0.5, 0.6) is 11.5 Å². The van der Waals surface area contributed by atoms with Crippen molar-refractivity contribution >= 4 is 74.8 Å². The van der Waals surface area contributed by atoms with Gasteiger partial charge in [0.15, 0.2) is 11.5 Å². The zero-order valence-corrected chi connectivity index (χ0v) is 20.7. The number of amides is 3. The monoisotopic (exact) mass is 600 g/mol. The lowest BCUT2D eigenvalue weighted by molar-refractivity contribution is -0.127. The maximum absolute atomic E-state index is 13.3. The molecule has 2 aromatic carbocycles. The maximum atomic E-state index is 13.3. The van der Waals surface area contributed by atoms with E-state index in [-0.39, 0.29) is 22.2 Å². The molecule has 0 aliphatic carbocycles. The summed E-state index contributed by atoms with van der Waals surface area (Å²) < 4.78 is 24.8. The third-order valence-corrected chi connectivity index (χ3v) is 6.23. The van der Waals surface area contributed by atoms with E-state index in [0.717, 1.165) is 11.0 Å². The number of methoxy groups -OCH3 is 1. The molecule has 7 nitrogen and oxygen atoms in total. The van der Waals surface area contributed by atoms with E-state index in [4.69, 9.17) is 27.5 Å². The normalized spacial score (nSPS) is 14.4. The molecule has 1 fully saturated rings. The van der Waals surface area contributed by atoms with Crippen molar-refractivity contribution in [1.29, 1.82) is 0 Å². The number of anilines is 1. The van der Waals surface area contributed by atoms with Gasteiger partial charge in [0.25, 0.3) is 11.1 Å². The molecule has 0 saturated carbocycles. The Hall–Kier alpha value is -2.75. The standard InChI is InChI=1S/C22H15ClFIN2O5S/c1-3-6-32-20-16(25)7-12(8-17(20)31-2)9-18-21(29)27(22(30)33-18)11-19(28)26-13-4-5-15(24)14(23)10-13/h1,4-5,7-10H,6,11H2,2H3,(H,26,28)/b18-9+. The van der Waals surface area contributed by atoms with Crippen LogP contribution >= 0.6 is 46.0 Å². The first-order valence-corrected chi connectivity index (χ1v) is 11.4. The first-order valence-electron chi connectivity index (χ1n) is 9.17. The number of nitrogens with zero attached hydrogens (tertiary/aromatic N) is 1. The summed E-state index contributed by atoms with van der Waals surface area (Å²) in [6.07, 6.45) is 6.76. The molecule has 1 aliphatic heterocycles. The van der Waals surface area contributed by atoms with E-state index in [1.165, 1.54) is 25.3 Å². The molecule has 3 rings (SSSR count). The Morgan fingerprint density at radius 1 is 1.36 bits per heavy atom. The summed E-state index contributed by atoms with van der Waals surface area (Å²) in [5, 5.41) is 1.72. The molecule has 0 bridgehead atoms. The highest BCUT2D eigenvalue weighted by Crippen LogP contribution is 2.37. The van der Waals surface area contributed by atoms with Gasteiger partial charge >= 0.3 is 0 Å². The molecule has 11 heteroatoms. The number of imide groups is 1. The highest BCUT2D eigenvalue weighted by Gasteiger charge is 2.36. The summed E-state index contributed by atoms with van der Waals surface area (Å²) in [7, 11) is 1.47. The molecule has 33 heavy (non-hydrogen) atoms. The van der Waals surface area contributed by atoms with Crippen LogP contribution in [0.1, 0.15) is 5.56 Å². The fourth-order valence-corrected chi connectivity index (χ4v) is 4.58. The third-order valence-electron chi connectivity index (χ3n) is 4.23. The van der Waals surface area contributed by atoms with E-state index in [1.807, 2.05) is 22.6 Å². The predicted octanol–water partition coefficient (Wildman–Crippen LogP) is 4.78. The van der Waals surface area contributed by atoms with Gasteiger partial charge in [0, 0.05) is 5.69 Å². The van der Waals surface area contributed by atoms with E-state index in [9.17, 15) is 18.8 Å². The van der Waals surface area contributed by atoms with Crippen LogP contribution in [0.25, 0.3) is 6.08 Å². The Kier molecular flexibility index (Phi) is 8.23. The lowest BCUT2D eigenvalue weighted by Crippen LogP contribution is -2.36. The minimum absolute atomic E-state index is 0.0663. The minimum Gasteiger partial charge on any atom is -0.493 e. The summed E-state index contributed by atoms with van der Waals surface area (Å²) in [4.78, 5) is 38.4. The molecular weight excluding hydrogens is 586 g/mol. The van der Waals surface area contributed by atoms with Crippen LogP contribution in [0.2, 0.25) is 5.02 Å². The van der Waals surface area contributed by atoms with Gasteiger partial charge in [0.1, 0.15) is 19.0 Å². The van der Waals surface area contributed by atoms with Crippen LogP contribution in [-0.4, -0.2) is 42.2 Å². The van der Waals surface area contributed by atoms with Crippen LogP contribution in [0.4, 0.5) is 14.9 Å². The fraction of sp³-hybridized carbons (Fsp3) is 0.136. The number of thioether (sulfide) groups is 1. The summed E-state index contributed by atoms with van der Waals surface area (Å²) >= 11 is 8.46. The Labute approximate surface area is 211 Å². The molecule has 2 aromatic rings. The molecule has 1 N–H and O–H groups in total. The SMILES string of the molecule is C#CCOc1c(I)cc(/C=C2/SC(=O)N(CC(=O)Nc3ccc(F)c(Cl)c3)C2=O)cc1OC. The van der Waals surface area contributed by atoms with Gasteiger partial charge in [-0.15, -0.1) is 6.42 Å². The van der Waals surface area contributed by atoms with E-state index >= 15 is 0 Å². The lowest BCUT2D eigenvalue weighted by Gasteiger charge is -2.13. The second-order valence-electron chi connectivity index (χ2n) is 6.47. The van der Waals surface area contributed by atoms with Crippen molar-refractivity contribution in [1.82, 2.24) is 4.90 Å². The van der Waals surface area contributed by atoms with Gasteiger partial charge in [-0.05, 0) is 76.3 Å². The molecule has 0 radical (unpaired) electrons. The number of terminal acetylenes is 1. The van der Waals surface area contributed by atoms with Gasteiger partial charge in [-0.3, -0.25) is 19.3 Å². The molecule has 170 valence electrons. The zero-order valence-electron chi connectivity index (χ0n) is 17.0. The van der Waals surface area contributed by atoms with Gasteiger partial charge < -0.3 is 14.8 Å². The van der Waals surface area contributed by atoms with Crippen LogP contribution in [0, 0.1) is 21.7 Å². The molecule has 0 unspecified atom stereocenters. The number of nitrogens with one attached hydrogen (secondary N) is 1. The Bertz CT molecular complexity index is 1210. The lowest BCUT2D eigenvalue weighted by atomic mass is 10.2. The summed E-state index contributed by atoms with van der Waals surface area (Å²) in [5.74, 6) is 1.39. The average Bonchev–Trinajstić information content (AvgIpc) is 3.02. The molecule has 3 amide bonds. The topological polar surface area (TPSA) is 84.9 Å². The zero-order chi connectivity index (χ0) is 24.1. The number of rotatable bonds is 7. The van der Waals surface area contributed by atoms with Crippen molar-refractivity contribution in [2.45, 2.75) is 0 Å². The molecular formula is C22H15ClFIN2O5S. The number of hydrogen-bond donors (Lipinski definition) is 1. The Balaban J connectivity index is 1.75. The number of hydrogen-bond acceptors (Lipinski definition) is 6. The third kappa shape index (κ3) is 5.98. The summed E-state index contributed by atoms with van der Waals surface area (Å²) in [5.41, 5.74) is 0.836. The molecule has 0 atom stereocenters. The fourth-order valence-electron chi connectivity index (χ4n) is 2.78. The van der Waals surface area contributed by atoms with Crippen molar-refractivity contribution in [2.24, 2.45) is 0 Å². The first-order chi connectivity index (χ1) is 15.7. The van der Waals surface area contributed by atoms with Crippen molar-refractivity contribution in [3.63, 3.8) is 0 Å².